The van der Waals surface area contributed by atoms with Crippen LogP contribution in [0.3, 0.4) is 0 Å². The molecular weight excluding hydrogens is 508 g/mol. The lowest BCUT2D eigenvalue weighted by Crippen LogP contribution is -2.47. The van der Waals surface area contributed by atoms with Gasteiger partial charge in [-0.3, -0.25) is 10.1 Å². The summed E-state index contributed by atoms with van der Waals surface area (Å²) < 4.78 is 36.6. The van der Waals surface area contributed by atoms with Crippen LogP contribution in [-0.2, 0) is 10.0 Å². The number of fused-ring (bicyclic) bond motifs is 1. The number of hydrogen-bond acceptors (Lipinski definition) is 5. The van der Waals surface area contributed by atoms with Crippen LogP contribution in [0.4, 0.5) is 0 Å². The van der Waals surface area contributed by atoms with Crippen molar-refractivity contribution >= 4 is 26.0 Å². The fraction of sp³-hybridized carbons (Fsp3) is 0.250. The third-order valence-electron chi connectivity index (χ3n) is 5.74. The predicted molar refractivity (Wildman–Crippen MR) is 128 cm³/mol. The van der Waals surface area contributed by atoms with Crippen molar-refractivity contribution in [2.75, 3.05) is 0 Å². The van der Waals surface area contributed by atoms with Gasteiger partial charge in [0.15, 0.2) is 6.10 Å². The summed E-state index contributed by atoms with van der Waals surface area (Å²) in [6.45, 7) is 5.34. The molecule has 0 spiro atoms. The molecule has 9 heteroatoms. The normalized spacial score (nSPS) is 20.1. The van der Waals surface area contributed by atoms with Gasteiger partial charge in [-0.2, -0.15) is 4.72 Å². The number of halogens is 1. The maximum absolute atomic E-state index is 13.5. The minimum atomic E-state index is -4.08. The summed E-state index contributed by atoms with van der Waals surface area (Å²) in [6.07, 6.45) is -0.986. The Labute approximate surface area is 201 Å². The van der Waals surface area contributed by atoms with Gasteiger partial charge >= 0.3 is 0 Å². The van der Waals surface area contributed by atoms with E-state index in [-0.39, 0.29) is 4.90 Å². The number of benzene rings is 3. The monoisotopic (exact) mass is 530 g/mol. The van der Waals surface area contributed by atoms with Crippen LogP contribution in [0.25, 0.3) is 0 Å². The number of sulfonamides is 1. The number of hydrogen-bond donors (Lipinski definition) is 1. The van der Waals surface area contributed by atoms with Crippen LogP contribution in [-0.4, -0.2) is 19.4 Å². The summed E-state index contributed by atoms with van der Waals surface area (Å²) in [5.41, 5.74) is 3.12. The van der Waals surface area contributed by atoms with E-state index in [1.165, 1.54) is 0 Å². The van der Waals surface area contributed by atoms with E-state index in [0.717, 1.165) is 10.0 Å². The zero-order chi connectivity index (χ0) is 23.9. The molecule has 0 fully saturated rings. The zero-order valence-corrected chi connectivity index (χ0v) is 20.7. The first-order valence-electron chi connectivity index (χ1n) is 10.3. The highest BCUT2D eigenvalue weighted by atomic mass is 79.9. The molecule has 1 aliphatic rings. The maximum Gasteiger partial charge on any atom is 0.273 e. The van der Waals surface area contributed by atoms with E-state index in [9.17, 15) is 18.5 Å². The third-order valence-corrected chi connectivity index (χ3v) is 7.97. The zero-order valence-electron chi connectivity index (χ0n) is 18.3. The van der Waals surface area contributed by atoms with Gasteiger partial charge in [0, 0.05) is 20.5 Å². The lowest BCUT2D eigenvalue weighted by molar-refractivity contribution is -0.541. The Bertz CT molecular complexity index is 1320. The quantitative estimate of drug-likeness (QED) is 0.362. The molecule has 0 saturated heterocycles. The topological polar surface area (TPSA) is 98.5 Å². The second-order valence-corrected chi connectivity index (χ2v) is 10.8. The molecule has 1 aliphatic heterocycles. The van der Waals surface area contributed by atoms with Crippen LogP contribution < -0.4 is 9.46 Å². The average molecular weight is 531 g/mol. The molecule has 3 aromatic rings. The van der Waals surface area contributed by atoms with Crippen LogP contribution in [0.2, 0.25) is 0 Å². The van der Waals surface area contributed by atoms with E-state index in [0.29, 0.717) is 28.0 Å². The van der Waals surface area contributed by atoms with E-state index >= 15 is 0 Å². The molecule has 3 aromatic carbocycles. The van der Waals surface area contributed by atoms with Gasteiger partial charge < -0.3 is 4.74 Å². The molecule has 0 radical (unpaired) electrons. The number of para-hydroxylation sites is 1. The lowest BCUT2D eigenvalue weighted by atomic mass is 9.89. The van der Waals surface area contributed by atoms with Crippen molar-refractivity contribution in [3.05, 3.63) is 103 Å². The van der Waals surface area contributed by atoms with E-state index in [1.54, 1.807) is 68.4 Å². The van der Waals surface area contributed by atoms with Gasteiger partial charge in [-0.15, -0.1) is 0 Å². The van der Waals surface area contributed by atoms with Gasteiger partial charge in [0.1, 0.15) is 11.8 Å². The first-order valence-corrected chi connectivity index (χ1v) is 12.6. The van der Waals surface area contributed by atoms with E-state index in [1.807, 2.05) is 13.0 Å². The average Bonchev–Trinajstić information content (AvgIpc) is 2.72. The number of aryl methyl sites for hydroxylation is 3. The number of ether oxygens (including phenoxy) is 1. The van der Waals surface area contributed by atoms with Crippen LogP contribution in [0, 0.1) is 30.9 Å². The van der Waals surface area contributed by atoms with Crippen molar-refractivity contribution in [2.24, 2.45) is 0 Å². The van der Waals surface area contributed by atoms with Gasteiger partial charge in [0.25, 0.3) is 6.04 Å². The number of nitrogens with one attached hydrogen (secondary N) is 1. The number of nitrogens with zero attached hydrogens (tertiary/aromatic N) is 1. The summed E-state index contributed by atoms with van der Waals surface area (Å²) in [5, 5.41) is 12.3. The minimum Gasteiger partial charge on any atom is -0.478 e. The Morgan fingerprint density at radius 2 is 1.67 bits per heavy atom. The van der Waals surface area contributed by atoms with Crippen LogP contribution in [0.1, 0.15) is 40.0 Å². The van der Waals surface area contributed by atoms with E-state index < -0.39 is 33.1 Å². The first-order chi connectivity index (χ1) is 15.6. The Morgan fingerprint density at radius 3 is 2.30 bits per heavy atom. The third kappa shape index (κ3) is 4.53. The second-order valence-electron chi connectivity index (χ2n) is 8.23. The maximum atomic E-state index is 13.5. The van der Waals surface area contributed by atoms with E-state index in [2.05, 4.69) is 20.7 Å². The highest BCUT2D eigenvalue weighted by molar-refractivity contribution is 9.10. The molecule has 0 amide bonds. The molecule has 1 N–H and O–H groups in total. The highest BCUT2D eigenvalue weighted by Gasteiger charge is 2.49. The largest absolute Gasteiger partial charge is 0.478 e. The summed E-state index contributed by atoms with van der Waals surface area (Å²) in [5.74, 6) is 0.408. The van der Waals surface area contributed by atoms with Crippen molar-refractivity contribution in [1.82, 2.24) is 4.72 Å². The predicted octanol–water partition coefficient (Wildman–Crippen LogP) is 5.17. The number of nitro groups is 1. The summed E-state index contributed by atoms with van der Waals surface area (Å²) in [4.78, 5) is 12.0. The van der Waals surface area contributed by atoms with E-state index in [4.69, 9.17) is 4.74 Å². The first kappa shape index (κ1) is 23.4. The molecule has 0 unspecified atom stereocenters. The molecule has 0 bridgehead atoms. The van der Waals surface area contributed by atoms with Crippen molar-refractivity contribution in [1.29, 1.82) is 0 Å². The summed E-state index contributed by atoms with van der Waals surface area (Å²) >= 11 is 3.40. The fourth-order valence-corrected chi connectivity index (χ4v) is 6.64. The summed E-state index contributed by atoms with van der Waals surface area (Å²) in [6, 6.07) is 14.9. The van der Waals surface area contributed by atoms with Gasteiger partial charge in [0.05, 0.1) is 4.90 Å². The van der Waals surface area contributed by atoms with Crippen LogP contribution in [0.15, 0.2) is 70.0 Å². The molecule has 4 rings (SSSR count). The molecular formula is C24H23BrN2O5S. The van der Waals surface area contributed by atoms with Crippen molar-refractivity contribution < 1.29 is 18.1 Å². The minimum absolute atomic E-state index is 0.137. The Kier molecular flexibility index (Phi) is 6.30. The standard InChI is InChI=1S/C24H23BrN2O5S/c1-14-11-15(2)24(16(3)12-14)33(30,31)26-21-19-9-4-5-10-20(19)32-23(22(21)27(28)29)17-7-6-8-18(25)13-17/h4-13,21-23,26H,1-3H3/t21-,22-,23+/m1/s1. The Balaban J connectivity index is 1.85. The molecule has 0 aliphatic carbocycles. The number of rotatable bonds is 5. The highest BCUT2D eigenvalue weighted by Crippen LogP contribution is 2.43. The molecule has 33 heavy (non-hydrogen) atoms. The fourth-order valence-electron chi connectivity index (χ4n) is 4.54. The SMILES string of the molecule is Cc1cc(C)c(S(=O)(=O)N[C@@H]2c3ccccc3O[C@@H](c3cccc(Br)c3)[C@@H]2[N+](=O)[O-])c(C)c1. The molecule has 3 atom stereocenters. The van der Waals surface area contributed by atoms with Gasteiger partial charge in [-0.05, 0) is 50.1 Å². The van der Waals surface area contributed by atoms with Crippen molar-refractivity contribution in [3.8, 4) is 5.75 Å². The Morgan fingerprint density at radius 1 is 1.00 bits per heavy atom. The second kappa shape index (κ2) is 8.89. The van der Waals surface area contributed by atoms with Crippen LogP contribution in [0.5, 0.6) is 5.75 Å². The van der Waals surface area contributed by atoms with Crippen LogP contribution >= 0.6 is 15.9 Å². The van der Waals surface area contributed by atoms with Crippen molar-refractivity contribution in [2.45, 2.75) is 43.9 Å². The molecule has 0 aromatic heterocycles. The molecule has 7 nitrogen and oxygen atoms in total. The Hall–Kier alpha value is -2.75. The van der Waals surface area contributed by atoms with Gasteiger partial charge in [-0.1, -0.05) is 64.0 Å². The summed E-state index contributed by atoms with van der Waals surface area (Å²) in [7, 11) is -4.08. The van der Waals surface area contributed by atoms with Gasteiger partial charge in [-0.25, -0.2) is 8.42 Å². The van der Waals surface area contributed by atoms with Crippen molar-refractivity contribution in [3.63, 3.8) is 0 Å². The molecule has 172 valence electrons. The molecule has 1 heterocycles. The van der Waals surface area contributed by atoms with Gasteiger partial charge in [0.2, 0.25) is 10.0 Å². The molecule has 0 saturated carbocycles. The lowest BCUT2D eigenvalue weighted by Gasteiger charge is -2.35. The smallest absolute Gasteiger partial charge is 0.273 e.